The Kier molecular flexibility index (Phi) is 4.05. The summed E-state index contributed by atoms with van der Waals surface area (Å²) in [5.74, 6) is 0. The van der Waals surface area contributed by atoms with Crippen molar-refractivity contribution in [2.24, 2.45) is 5.41 Å². The first-order chi connectivity index (χ1) is 8.88. The molecule has 0 radical (unpaired) electrons. The van der Waals surface area contributed by atoms with E-state index in [2.05, 4.69) is 51.5 Å². The summed E-state index contributed by atoms with van der Waals surface area (Å²) in [7, 11) is 0. The van der Waals surface area contributed by atoms with Crippen LogP contribution in [0.5, 0.6) is 0 Å². The van der Waals surface area contributed by atoms with Gasteiger partial charge >= 0.3 is 0 Å². The Hall–Kier alpha value is -0.830. The average Bonchev–Trinajstić information content (AvgIpc) is 2.78. The summed E-state index contributed by atoms with van der Waals surface area (Å²) in [6.45, 7) is 14.6. The lowest BCUT2D eigenvalue weighted by Gasteiger charge is -2.32. The molecule has 1 saturated carbocycles. The summed E-state index contributed by atoms with van der Waals surface area (Å²) < 4.78 is 2.28. The smallest absolute Gasteiger partial charge is 0.0680 e. The molecular formula is C16H29N3. The highest BCUT2D eigenvalue weighted by Gasteiger charge is 2.43. The summed E-state index contributed by atoms with van der Waals surface area (Å²) in [4.78, 5) is 0. The van der Waals surface area contributed by atoms with Crippen LogP contribution in [0.15, 0.2) is 0 Å². The number of aryl methyl sites for hydroxylation is 1. The highest BCUT2D eigenvalue weighted by Crippen LogP contribution is 2.44. The van der Waals surface area contributed by atoms with Gasteiger partial charge in [0, 0.05) is 11.7 Å². The molecule has 3 heteroatoms. The predicted molar refractivity (Wildman–Crippen MR) is 80.6 cm³/mol. The number of nitrogens with one attached hydrogen (secondary N) is 1. The summed E-state index contributed by atoms with van der Waals surface area (Å²) >= 11 is 0. The molecule has 1 N–H and O–H groups in total. The van der Waals surface area contributed by atoms with Crippen molar-refractivity contribution in [2.45, 2.75) is 72.9 Å². The molecule has 1 fully saturated rings. The fraction of sp³-hybridized carbons (Fsp3) is 0.812. The number of nitrogens with zero attached hydrogens (tertiary/aromatic N) is 2. The van der Waals surface area contributed by atoms with Crippen LogP contribution in [0.2, 0.25) is 0 Å². The minimum atomic E-state index is 0.361. The van der Waals surface area contributed by atoms with Crippen LogP contribution in [-0.4, -0.2) is 22.4 Å². The second-order valence-electron chi connectivity index (χ2n) is 6.77. The molecule has 0 spiro atoms. The van der Waals surface area contributed by atoms with Gasteiger partial charge in [-0.3, -0.25) is 4.68 Å². The Morgan fingerprint density at radius 3 is 2.53 bits per heavy atom. The van der Waals surface area contributed by atoms with Gasteiger partial charge in [-0.15, -0.1) is 0 Å². The van der Waals surface area contributed by atoms with Crippen molar-refractivity contribution in [1.29, 1.82) is 0 Å². The topological polar surface area (TPSA) is 29.9 Å². The van der Waals surface area contributed by atoms with E-state index in [4.69, 9.17) is 5.10 Å². The molecule has 0 aliphatic heterocycles. The van der Waals surface area contributed by atoms with Gasteiger partial charge in [-0.1, -0.05) is 20.8 Å². The molecule has 0 amide bonds. The Morgan fingerprint density at radius 1 is 1.32 bits per heavy atom. The van der Waals surface area contributed by atoms with Gasteiger partial charge in [-0.05, 0) is 57.6 Å². The third-order valence-electron chi connectivity index (χ3n) is 4.93. The average molecular weight is 263 g/mol. The molecular weight excluding hydrogens is 234 g/mol. The van der Waals surface area contributed by atoms with Crippen LogP contribution in [0.1, 0.15) is 63.0 Å². The first-order valence-corrected chi connectivity index (χ1v) is 7.64. The minimum absolute atomic E-state index is 0.361. The second kappa shape index (κ2) is 5.28. The number of hydrogen-bond donors (Lipinski definition) is 1. The van der Waals surface area contributed by atoms with Crippen molar-refractivity contribution in [1.82, 2.24) is 15.1 Å². The maximum atomic E-state index is 4.79. The quantitative estimate of drug-likeness (QED) is 0.900. The van der Waals surface area contributed by atoms with Gasteiger partial charge < -0.3 is 5.32 Å². The van der Waals surface area contributed by atoms with Crippen LogP contribution in [-0.2, 0) is 0 Å². The molecule has 1 aromatic rings. The van der Waals surface area contributed by atoms with Crippen LogP contribution in [0.4, 0.5) is 0 Å². The first-order valence-electron chi connectivity index (χ1n) is 7.64. The second-order valence-corrected chi connectivity index (χ2v) is 6.77. The van der Waals surface area contributed by atoms with Crippen molar-refractivity contribution in [2.75, 3.05) is 6.54 Å². The van der Waals surface area contributed by atoms with Gasteiger partial charge in [-0.25, -0.2) is 0 Å². The maximum Gasteiger partial charge on any atom is 0.0680 e. The van der Waals surface area contributed by atoms with Crippen LogP contribution in [0.25, 0.3) is 0 Å². The van der Waals surface area contributed by atoms with Crippen LogP contribution < -0.4 is 5.32 Å². The highest BCUT2D eigenvalue weighted by atomic mass is 15.3. The predicted octanol–water partition coefficient (Wildman–Crippen LogP) is 3.54. The number of rotatable bonds is 4. The molecule has 0 bridgehead atoms. The lowest BCUT2D eigenvalue weighted by molar-refractivity contribution is 0.240. The van der Waals surface area contributed by atoms with Gasteiger partial charge in [0.2, 0.25) is 0 Å². The molecule has 0 aromatic carbocycles. The molecule has 2 atom stereocenters. The molecule has 3 nitrogen and oxygen atoms in total. The molecule has 1 heterocycles. The Balaban J connectivity index is 2.29. The zero-order valence-electron chi connectivity index (χ0n) is 13.4. The molecule has 1 aromatic heterocycles. The molecule has 1 aliphatic rings. The zero-order valence-corrected chi connectivity index (χ0v) is 13.4. The molecule has 2 rings (SSSR count). The van der Waals surface area contributed by atoms with Gasteiger partial charge in [0.15, 0.2) is 0 Å². The third-order valence-corrected chi connectivity index (χ3v) is 4.93. The third kappa shape index (κ3) is 2.58. The van der Waals surface area contributed by atoms with Crippen molar-refractivity contribution < 1.29 is 0 Å². The Bertz CT molecular complexity index is 445. The number of hydrogen-bond acceptors (Lipinski definition) is 2. The zero-order chi connectivity index (χ0) is 14.2. The summed E-state index contributed by atoms with van der Waals surface area (Å²) in [6.07, 6.45) is 3.70. The normalized spacial score (nSPS) is 26.0. The molecule has 2 unspecified atom stereocenters. The maximum absolute atomic E-state index is 4.79. The number of aromatic nitrogens is 2. The molecule has 1 aliphatic carbocycles. The van der Waals surface area contributed by atoms with Crippen molar-refractivity contribution in [3.63, 3.8) is 0 Å². The highest BCUT2D eigenvalue weighted by molar-refractivity contribution is 5.23. The van der Waals surface area contributed by atoms with Crippen LogP contribution >= 0.6 is 0 Å². The minimum Gasteiger partial charge on any atom is -0.311 e. The summed E-state index contributed by atoms with van der Waals surface area (Å²) in [5.41, 5.74) is 4.22. The van der Waals surface area contributed by atoms with Crippen molar-refractivity contribution >= 4 is 0 Å². The molecule has 108 valence electrons. The van der Waals surface area contributed by atoms with E-state index in [-0.39, 0.29) is 0 Å². The molecule has 19 heavy (non-hydrogen) atoms. The fourth-order valence-corrected chi connectivity index (χ4v) is 3.41. The van der Waals surface area contributed by atoms with E-state index in [1.54, 1.807) is 0 Å². The van der Waals surface area contributed by atoms with E-state index in [1.807, 2.05) is 0 Å². The Labute approximate surface area is 117 Å². The first kappa shape index (κ1) is 14.6. The Morgan fingerprint density at radius 2 is 2.00 bits per heavy atom. The van der Waals surface area contributed by atoms with Crippen molar-refractivity contribution in [3.05, 3.63) is 17.0 Å². The monoisotopic (exact) mass is 263 g/mol. The van der Waals surface area contributed by atoms with Crippen molar-refractivity contribution in [3.8, 4) is 0 Å². The largest absolute Gasteiger partial charge is 0.311 e. The fourth-order valence-electron chi connectivity index (χ4n) is 3.41. The van der Waals surface area contributed by atoms with Crippen LogP contribution in [0.3, 0.4) is 0 Å². The molecule has 0 saturated heterocycles. The summed E-state index contributed by atoms with van der Waals surface area (Å²) in [6, 6.07) is 1.04. The lowest BCUT2D eigenvalue weighted by atomic mass is 9.86. The van der Waals surface area contributed by atoms with Gasteiger partial charge in [0.05, 0.1) is 11.7 Å². The van der Waals surface area contributed by atoms with Gasteiger partial charge in [-0.2, -0.15) is 5.10 Å². The van der Waals surface area contributed by atoms with E-state index in [0.29, 0.717) is 17.5 Å². The lowest BCUT2D eigenvalue weighted by Crippen LogP contribution is -2.43. The van der Waals surface area contributed by atoms with E-state index < -0.39 is 0 Å². The summed E-state index contributed by atoms with van der Waals surface area (Å²) in [5, 5.41) is 8.56. The van der Waals surface area contributed by atoms with Gasteiger partial charge in [0.25, 0.3) is 0 Å². The van der Waals surface area contributed by atoms with E-state index in [1.165, 1.54) is 36.2 Å². The van der Waals surface area contributed by atoms with Gasteiger partial charge in [0.1, 0.15) is 0 Å². The van der Waals surface area contributed by atoms with E-state index in [0.717, 1.165) is 6.54 Å². The van der Waals surface area contributed by atoms with E-state index in [9.17, 15) is 0 Å². The standard InChI is InChI=1S/C16H29N3/c1-7-10-17-15-14(8-9-16(15,5)6)19-13(4)11(2)12(3)18-19/h14-15,17H,7-10H2,1-6H3. The SMILES string of the molecule is CCCNC1C(n2nc(C)c(C)c2C)CCC1(C)C. The van der Waals surface area contributed by atoms with E-state index >= 15 is 0 Å². The van der Waals surface area contributed by atoms with Crippen LogP contribution in [0, 0.1) is 26.2 Å².